The van der Waals surface area contributed by atoms with Crippen molar-refractivity contribution in [1.82, 2.24) is 5.32 Å². The number of carbonyl (C=O) groups excluding carboxylic acids is 3. The van der Waals surface area contributed by atoms with Crippen LogP contribution in [0.1, 0.15) is 11.1 Å². The number of urea groups is 1. The van der Waals surface area contributed by atoms with Crippen molar-refractivity contribution in [3.8, 4) is 11.5 Å². The predicted octanol–water partition coefficient (Wildman–Crippen LogP) is 6.57. The van der Waals surface area contributed by atoms with E-state index < -0.39 is 17.8 Å². The number of halogens is 3. The standard InChI is InChI=1S/C27H19BrCl2N2O5/c1-2-11-36-24-10-3-16(13-22(24)28)12-21-25(33)31-27(35)32(26(21)34)19-6-8-20(9-7-19)37-15-17-4-5-18(29)14-23(17)30/h2-10,12-14H,1,11,15H2,(H,31,33,35)/b21-12+. The number of carbonyl (C=O) groups is 3. The van der Waals surface area contributed by atoms with Crippen molar-refractivity contribution in [3.63, 3.8) is 0 Å². The molecule has 0 bridgehead atoms. The number of nitrogens with one attached hydrogen (secondary N) is 1. The molecule has 1 aliphatic rings. The van der Waals surface area contributed by atoms with E-state index in [1.165, 1.54) is 6.08 Å². The fourth-order valence-corrected chi connectivity index (χ4v) is 4.40. The molecule has 0 unspecified atom stereocenters. The van der Waals surface area contributed by atoms with E-state index in [-0.39, 0.29) is 17.9 Å². The Morgan fingerprint density at radius 3 is 2.41 bits per heavy atom. The van der Waals surface area contributed by atoms with Crippen LogP contribution in [0.15, 0.2) is 83.4 Å². The maximum atomic E-state index is 13.2. The summed E-state index contributed by atoms with van der Waals surface area (Å²) in [6.45, 7) is 4.14. The average Bonchev–Trinajstić information content (AvgIpc) is 2.86. The number of anilines is 1. The van der Waals surface area contributed by atoms with E-state index in [9.17, 15) is 14.4 Å². The van der Waals surface area contributed by atoms with Gasteiger partial charge in [-0.3, -0.25) is 14.9 Å². The summed E-state index contributed by atoms with van der Waals surface area (Å²) in [5, 5.41) is 3.22. The topological polar surface area (TPSA) is 84.9 Å². The first-order valence-electron chi connectivity index (χ1n) is 10.9. The lowest BCUT2D eigenvalue weighted by Crippen LogP contribution is -2.54. The van der Waals surface area contributed by atoms with E-state index in [1.54, 1.807) is 66.7 Å². The molecule has 1 fully saturated rings. The van der Waals surface area contributed by atoms with Gasteiger partial charge in [0.1, 0.15) is 30.3 Å². The first-order valence-corrected chi connectivity index (χ1v) is 12.4. The minimum absolute atomic E-state index is 0.191. The summed E-state index contributed by atoms with van der Waals surface area (Å²) in [5.41, 5.74) is 1.40. The summed E-state index contributed by atoms with van der Waals surface area (Å²) >= 11 is 15.5. The van der Waals surface area contributed by atoms with Gasteiger partial charge < -0.3 is 9.47 Å². The van der Waals surface area contributed by atoms with Crippen molar-refractivity contribution in [3.05, 3.63) is 105 Å². The predicted molar refractivity (Wildman–Crippen MR) is 146 cm³/mol. The molecule has 4 rings (SSSR count). The van der Waals surface area contributed by atoms with Crippen LogP contribution in [0.3, 0.4) is 0 Å². The first kappa shape index (κ1) is 26.5. The van der Waals surface area contributed by atoms with E-state index in [4.69, 9.17) is 32.7 Å². The normalized spacial score (nSPS) is 14.5. The molecule has 3 aromatic rings. The monoisotopic (exact) mass is 600 g/mol. The molecule has 0 saturated carbocycles. The van der Waals surface area contributed by atoms with Crippen molar-refractivity contribution in [1.29, 1.82) is 0 Å². The molecule has 1 saturated heterocycles. The fourth-order valence-electron chi connectivity index (χ4n) is 3.42. The molecular formula is C27H19BrCl2N2O5. The second kappa shape index (κ2) is 11.6. The number of amides is 4. The lowest BCUT2D eigenvalue weighted by Gasteiger charge is -2.26. The Morgan fingerprint density at radius 1 is 0.973 bits per heavy atom. The zero-order valence-corrected chi connectivity index (χ0v) is 22.3. The van der Waals surface area contributed by atoms with Gasteiger partial charge in [0.05, 0.1) is 10.2 Å². The number of hydrogen-bond donors (Lipinski definition) is 1. The van der Waals surface area contributed by atoms with Gasteiger partial charge in [-0.1, -0.05) is 48.0 Å². The van der Waals surface area contributed by atoms with Crippen molar-refractivity contribution in [2.45, 2.75) is 6.61 Å². The highest BCUT2D eigenvalue weighted by Crippen LogP contribution is 2.29. The Morgan fingerprint density at radius 2 is 1.73 bits per heavy atom. The van der Waals surface area contributed by atoms with Gasteiger partial charge in [-0.05, 0) is 76.1 Å². The molecule has 3 aromatic carbocycles. The summed E-state index contributed by atoms with van der Waals surface area (Å²) in [7, 11) is 0. The Labute approximate surface area is 231 Å². The summed E-state index contributed by atoms with van der Waals surface area (Å²) in [5.74, 6) is -0.457. The summed E-state index contributed by atoms with van der Waals surface area (Å²) < 4.78 is 11.9. The van der Waals surface area contributed by atoms with Crippen molar-refractivity contribution in [2.75, 3.05) is 11.5 Å². The van der Waals surface area contributed by atoms with E-state index in [1.807, 2.05) is 0 Å². The molecule has 1 heterocycles. The molecule has 188 valence electrons. The summed E-state index contributed by atoms with van der Waals surface area (Å²) in [6, 6.07) is 15.7. The summed E-state index contributed by atoms with van der Waals surface area (Å²) in [6.07, 6.45) is 3.03. The number of benzene rings is 3. The lowest BCUT2D eigenvalue weighted by molar-refractivity contribution is -0.122. The third-order valence-corrected chi connectivity index (χ3v) is 6.44. The molecule has 7 nitrogen and oxygen atoms in total. The van der Waals surface area contributed by atoms with Crippen molar-refractivity contribution < 1.29 is 23.9 Å². The SMILES string of the molecule is C=CCOc1ccc(/C=C2\C(=O)NC(=O)N(c3ccc(OCc4ccc(Cl)cc4Cl)cc3)C2=O)cc1Br. The highest BCUT2D eigenvalue weighted by atomic mass is 79.9. The van der Waals surface area contributed by atoms with E-state index in [0.29, 0.717) is 38.2 Å². The van der Waals surface area contributed by atoms with Crippen LogP contribution < -0.4 is 19.7 Å². The zero-order valence-electron chi connectivity index (χ0n) is 19.2. The van der Waals surface area contributed by atoms with Gasteiger partial charge in [0.2, 0.25) is 0 Å². The van der Waals surface area contributed by atoms with Gasteiger partial charge in [-0.15, -0.1) is 0 Å². The van der Waals surface area contributed by atoms with Crippen LogP contribution in [0, 0.1) is 0 Å². The third kappa shape index (κ3) is 6.22. The van der Waals surface area contributed by atoms with E-state index in [0.717, 1.165) is 10.5 Å². The van der Waals surface area contributed by atoms with Gasteiger partial charge in [0.25, 0.3) is 11.8 Å². The molecule has 0 radical (unpaired) electrons. The maximum Gasteiger partial charge on any atom is 0.335 e. The Balaban J connectivity index is 1.51. The average molecular weight is 602 g/mol. The second-order valence-electron chi connectivity index (χ2n) is 7.77. The van der Waals surface area contributed by atoms with Crippen LogP contribution in [0.4, 0.5) is 10.5 Å². The lowest BCUT2D eigenvalue weighted by atomic mass is 10.1. The summed E-state index contributed by atoms with van der Waals surface area (Å²) in [4.78, 5) is 39.1. The van der Waals surface area contributed by atoms with Gasteiger partial charge in [-0.25, -0.2) is 9.69 Å². The molecule has 0 aromatic heterocycles. The molecule has 1 N–H and O–H groups in total. The number of nitrogens with zero attached hydrogens (tertiary/aromatic N) is 1. The number of imide groups is 2. The Hall–Kier alpha value is -3.59. The third-order valence-electron chi connectivity index (χ3n) is 5.23. The number of barbiturate groups is 1. The highest BCUT2D eigenvalue weighted by molar-refractivity contribution is 9.10. The largest absolute Gasteiger partial charge is 0.489 e. The molecule has 0 atom stereocenters. The van der Waals surface area contributed by atoms with Crippen LogP contribution in [-0.2, 0) is 16.2 Å². The minimum atomic E-state index is -0.844. The van der Waals surface area contributed by atoms with Crippen molar-refractivity contribution >= 4 is 68.7 Å². The molecule has 0 aliphatic carbocycles. The highest BCUT2D eigenvalue weighted by Gasteiger charge is 2.36. The van der Waals surface area contributed by atoms with Crippen LogP contribution in [0.25, 0.3) is 6.08 Å². The zero-order chi connectivity index (χ0) is 26.5. The second-order valence-corrected chi connectivity index (χ2v) is 9.46. The van der Waals surface area contributed by atoms with E-state index >= 15 is 0 Å². The first-order chi connectivity index (χ1) is 17.8. The number of hydrogen-bond acceptors (Lipinski definition) is 5. The van der Waals surface area contributed by atoms with Crippen LogP contribution in [0.5, 0.6) is 11.5 Å². The smallest absolute Gasteiger partial charge is 0.335 e. The molecular weight excluding hydrogens is 583 g/mol. The molecule has 0 spiro atoms. The van der Waals surface area contributed by atoms with Crippen molar-refractivity contribution in [2.24, 2.45) is 0 Å². The molecule has 1 aliphatic heterocycles. The van der Waals surface area contributed by atoms with Crippen LogP contribution >= 0.6 is 39.1 Å². The van der Waals surface area contributed by atoms with E-state index in [2.05, 4.69) is 27.8 Å². The Bertz CT molecular complexity index is 1420. The van der Waals surface area contributed by atoms with Crippen LogP contribution in [0.2, 0.25) is 10.0 Å². The van der Waals surface area contributed by atoms with Crippen LogP contribution in [-0.4, -0.2) is 24.5 Å². The number of ether oxygens (including phenoxy) is 2. The van der Waals surface area contributed by atoms with Gasteiger partial charge >= 0.3 is 6.03 Å². The molecule has 10 heteroatoms. The molecule has 37 heavy (non-hydrogen) atoms. The van der Waals surface area contributed by atoms with Gasteiger partial charge in [-0.2, -0.15) is 0 Å². The maximum absolute atomic E-state index is 13.2. The quantitative estimate of drug-likeness (QED) is 0.179. The Kier molecular flexibility index (Phi) is 8.33. The fraction of sp³-hybridized carbons (Fsp3) is 0.0741. The van der Waals surface area contributed by atoms with Gasteiger partial charge in [0, 0.05) is 15.6 Å². The minimum Gasteiger partial charge on any atom is -0.489 e. The van der Waals surface area contributed by atoms with Gasteiger partial charge in [0.15, 0.2) is 0 Å². The number of rotatable bonds is 8. The molecule has 4 amide bonds.